The van der Waals surface area contributed by atoms with Crippen molar-refractivity contribution in [2.24, 2.45) is 0 Å². The number of nitrogens with one attached hydrogen (secondary N) is 1. The highest BCUT2D eigenvalue weighted by Gasteiger charge is 2.45. The molecule has 20 heavy (non-hydrogen) atoms. The summed E-state index contributed by atoms with van der Waals surface area (Å²) in [7, 11) is 0. The Morgan fingerprint density at radius 3 is 2.35 bits per heavy atom. The van der Waals surface area contributed by atoms with Crippen molar-refractivity contribution in [3.05, 3.63) is 71.3 Å². The molecule has 0 bridgehead atoms. The van der Waals surface area contributed by atoms with E-state index >= 15 is 0 Å². The van der Waals surface area contributed by atoms with Crippen molar-refractivity contribution in [1.82, 2.24) is 5.32 Å². The minimum atomic E-state index is -0.188. The predicted molar refractivity (Wildman–Crippen MR) is 80.5 cm³/mol. The van der Waals surface area contributed by atoms with Crippen LogP contribution in [0.15, 0.2) is 54.6 Å². The normalized spacial score (nSPS) is 25.5. The van der Waals surface area contributed by atoms with Crippen LogP contribution in [0.25, 0.3) is 0 Å². The Morgan fingerprint density at radius 2 is 1.70 bits per heavy atom. The number of hydrogen-bond acceptors (Lipinski definition) is 1. The monoisotopic (exact) mass is 265 g/mol. The van der Waals surface area contributed by atoms with Gasteiger partial charge in [-0.25, -0.2) is 0 Å². The fourth-order valence-electron chi connectivity index (χ4n) is 3.11. The molecule has 2 aromatic carbocycles. The van der Waals surface area contributed by atoms with Gasteiger partial charge in [-0.05, 0) is 18.1 Å². The summed E-state index contributed by atoms with van der Waals surface area (Å²) in [6, 6.07) is 18.8. The SMILES string of the molecule is Cc1ccc(C2(C)CC(=O)NC2c2ccccc2)cc1. The molecular weight excluding hydrogens is 246 g/mol. The number of hydrogen-bond donors (Lipinski definition) is 1. The molecule has 102 valence electrons. The van der Waals surface area contributed by atoms with Crippen LogP contribution in [-0.4, -0.2) is 5.91 Å². The Hall–Kier alpha value is -2.09. The highest BCUT2D eigenvalue weighted by atomic mass is 16.2. The first-order valence-corrected chi connectivity index (χ1v) is 7.01. The molecule has 1 N–H and O–H groups in total. The third kappa shape index (κ3) is 2.11. The topological polar surface area (TPSA) is 29.1 Å². The number of benzene rings is 2. The largest absolute Gasteiger partial charge is 0.348 e. The molecule has 0 saturated carbocycles. The number of carbonyl (C=O) groups is 1. The van der Waals surface area contributed by atoms with Gasteiger partial charge in [-0.2, -0.15) is 0 Å². The van der Waals surface area contributed by atoms with Gasteiger partial charge in [0.15, 0.2) is 0 Å². The van der Waals surface area contributed by atoms with Gasteiger partial charge >= 0.3 is 0 Å². The second kappa shape index (κ2) is 4.78. The fourth-order valence-corrected chi connectivity index (χ4v) is 3.11. The lowest BCUT2D eigenvalue weighted by Crippen LogP contribution is -2.30. The maximum atomic E-state index is 12.0. The lowest BCUT2D eigenvalue weighted by atomic mass is 9.73. The van der Waals surface area contributed by atoms with Gasteiger partial charge in [-0.15, -0.1) is 0 Å². The zero-order chi connectivity index (χ0) is 14.2. The first-order valence-electron chi connectivity index (χ1n) is 7.01. The molecule has 1 aliphatic heterocycles. The summed E-state index contributed by atoms with van der Waals surface area (Å²) in [6.45, 7) is 4.26. The van der Waals surface area contributed by atoms with Crippen molar-refractivity contribution in [2.45, 2.75) is 31.7 Å². The molecule has 0 aromatic heterocycles. The van der Waals surface area contributed by atoms with E-state index in [1.807, 2.05) is 18.2 Å². The van der Waals surface area contributed by atoms with E-state index in [2.05, 4.69) is 55.6 Å². The molecule has 1 fully saturated rings. The Bertz CT molecular complexity index is 618. The first-order chi connectivity index (χ1) is 9.59. The third-order valence-corrected chi connectivity index (χ3v) is 4.31. The highest BCUT2D eigenvalue weighted by Crippen LogP contribution is 2.44. The Kier molecular flexibility index (Phi) is 3.09. The van der Waals surface area contributed by atoms with E-state index < -0.39 is 0 Å². The van der Waals surface area contributed by atoms with E-state index in [9.17, 15) is 4.79 Å². The first kappa shape index (κ1) is 12.9. The van der Waals surface area contributed by atoms with Gasteiger partial charge < -0.3 is 5.32 Å². The van der Waals surface area contributed by atoms with Crippen LogP contribution in [0, 0.1) is 6.92 Å². The highest BCUT2D eigenvalue weighted by molar-refractivity contribution is 5.82. The van der Waals surface area contributed by atoms with Crippen molar-refractivity contribution >= 4 is 5.91 Å². The van der Waals surface area contributed by atoms with Crippen LogP contribution in [0.4, 0.5) is 0 Å². The fraction of sp³-hybridized carbons (Fsp3) is 0.278. The molecule has 0 aliphatic carbocycles. The van der Waals surface area contributed by atoms with Gasteiger partial charge in [-0.1, -0.05) is 67.1 Å². The minimum Gasteiger partial charge on any atom is -0.348 e. The summed E-state index contributed by atoms with van der Waals surface area (Å²) in [4.78, 5) is 12.0. The second-order valence-electron chi connectivity index (χ2n) is 5.87. The zero-order valence-electron chi connectivity index (χ0n) is 11.9. The Labute approximate surface area is 119 Å². The van der Waals surface area contributed by atoms with E-state index in [0.29, 0.717) is 6.42 Å². The minimum absolute atomic E-state index is 0.0407. The van der Waals surface area contributed by atoms with Gasteiger partial charge in [0, 0.05) is 11.8 Å². The van der Waals surface area contributed by atoms with Crippen LogP contribution >= 0.6 is 0 Å². The van der Waals surface area contributed by atoms with E-state index in [1.165, 1.54) is 16.7 Å². The van der Waals surface area contributed by atoms with Gasteiger partial charge in [-0.3, -0.25) is 4.79 Å². The van der Waals surface area contributed by atoms with Gasteiger partial charge in [0.05, 0.1) is 6.04 Å². The molecular formula is C18H19NO. The Balaban J connectivity index is 2.05. The quantitative estimate of drug-likeness (QED) is 0.884. The average Bonchev–Trinajstić information content (AvgIpc) is 2.77. The van der Waals surface area contributed by atoms with Crippen LogP contribution < -0.4 is 5.32 Å². The van der Waals surface area contributed by atoms with Crippen LogP contribution in [0.5, 0.6) is 0 Å². The van der Waals surface area contributed by atoms with Crippen molar-refractivity contribution in [3.63, 3.8) is 0 Å². The summed E-state index contributed by atoms with van der Waals surface area (Å²) in [5.74, 6) is 0.127. The zero-order valence-corrected chi connectivity index (χ0v) is 11.9. The number of rotatable bonds is 2. The average molecular weight is 265 g/mol. The van der Waals surface area contributed by atoms with E-state index in [1.54, 1.807) is 0 Å². The molecule has 2 heteroatoms. The molecule has 2 unspecified atom stereocenters. The summed E-state index contributed by atoms with van der Waals surface area (Å²) < 4.78 is 0. The molecule has 0 radical (unpaired) electrons. The molecule has 1 heterocycles. The molecule has 1 amide bonds. The molecule has 2 atom stereocenters. The number of amides is 1. The van der Waals surface area contributed by atoms with Crippen LogP contribution in [0.1, 0.15) is 36.1 Å². The van der Waals surface area contributed by atoms with Crippen molar-refractivity contribution in [1.29, 1.82) is 0 Å². The van der Waals surface area contributed by atoms with Gasteiger partial charge in [0.25, 0.3) is 0 Å². The maximum absolute atomic E-state index is 12.0. The second-order valence-corrected chi connectivity index (χ2v) is 5.87. The van der Waals surface area contributed by atoms with Crippen molar-refractivity contribution in [3.8, 4) is 0 Å². The molecule has 3 rings (SSSR count). The Morgan fingerprint density at radius 1 is 1.05 bits per heavy atom. The standard InChI is InChI=1S/C18H19NO/c1-13-8-10-15(11-9-13)18(2)12-16(20)19-17(18)14-6-4-3-5-7-14/h3-11,17H,12H2,1-2H3,(H,19,20). The molecule has 2 aromatic rings. The van der Waals surface area contributed by atoms with E-state index in [4.69, 9.17) is 0 Å². The smallest absolute Gasteiger partial charge is 0.221 e. The molecule has 1 aliphatic rings. The molecule has 2 nitrogen and oxygen atoms in total. The van der Waals surface area contributed by atoms with Gasteiger partial charge in [0.2, 0.25) is 5.91 Å². The van der Waals surface area contributed by atoms with Crippen LogP contribution in [-0.2, 0) is 10.2 Å². The summed E-state index contributed by atoms with van der Waals surface area (Å²) in [6.07, 6.45) is 0.537. The van der Waals surface area contributed by atoms with E-state index in [0.717, 1.165) is 0 Å². The molecule has 0 spiro atoms. The lowest BCUT2D eigenvalue weighted by Gasteiger charge is -2.31. The van der Waals surface area contributed by atoms with Crippen molar-refractivity contribution in [2.75, 3.05) is 0 Å². The van der Waals surface area contributed by atoms with Gasteiger partial charge in [0.1, 0.15) is 0 Å². The number of carbonyl (C=O) groups excluding carboxylic acids is 1. The lowest BCUT2D eigenvalue weighted by molar-refractivity contribution is -0.119. The predicted octanol–water partition coefficient (Wildman–Crippen LogP) is 3.51. The summed E-state index contributed by atoms with van der Waals surface area (Å²) >= 11 is 0. The van der Waals surface area contributed by atoms with E-state index in [-0.39, 0.29) is 17.4 Å². The molecule has 1 saturated heterocycles. The third-order valence-electron chi connectivity index (χ3n) is 4.31. The number of aryl methyl sites for hydroxylation is 1. The van der Waals surface area contributed by atoms with Crippen LogP contribution in [0.3, 0.4) is 0 Å². The maximum Gasteiger partial charge on any atom is 0.221 e. The van der Waals surface area contributed by atoms with Crippen LogP contribution in [0.2, 0.25) is 0 Å². The summed E-state index contributed by atoms with van der Waals surface area (Å²) in [5.41, 5.74) is 3.44. The summed E-state index contributed by atoms with van der Waals surface area (Å²) in [5, 5.41) is 3.13. The van der Waals surface area contributed by atoms with Crippen molar-refractivity contribution < 1.29 is 4.79 Å².